The second-order valence-electron chi connectivity index (χ2n) is 3.06. The Labute approximate surface area is 96.8 Å². The van der Waals surface area contributed by atoms with Crippen molar-refractivity contribution in [1.82, 2.24) is 4.98 Å². The number of nitrogens with one attached hydrogen (secondary N) is 1. The van der Waals surface area contributed by atoms with Gasteiger partial charge in [0.05, 0.1) is 12.8 Å². The van der Waals surface area contributed by atoms with Crippen molar-refractivity contribution in [3.8, 4) is 0 Å². The Morgan fingerprint density at radius 2 is 2.38 bits per heavy atom. The number of rotatable bonds is 5. The van der Waals surface area contributed by atoms with Gasteiger partial charge in [-0.2, -0.15) is 0 Å². The number of esters is 1. The standard InChI is InChI=1S/C9H13N3O3S/c1-15-7(13)4-2-3-6-5-16-9(11-6)12-8(10)14/h5H,2-4H2,1H3,(H3,10,11,12,14). The molecule has 0 fully saturated rings. The molecule has 3 N–H and O–H groups in total. The van der Waals surface area contributed by atoms with Crippen LogP contribution < -0.4 is 11.1 Å². The Hall–Kier alpha value is -1.63. The maximum Gasteiger partial charge on any atom is 0.318 e. The maximum absolute atomic E-state index is 10.8. The second kappa shape index (κ2) is 6.06. The van der Waals surface area contributed by atoms with Gasteiger partial charge in [0.1, 0.15) is 0 Å². The third-order valence-electron chi connectivity index (χ3n) is 1.82. The van der Waals surface area contributed by atoms with Gasteiger partial charge in [-0.15, -0.1) is 11.3 Å². The first-order chi connectivity index (χ1) is 7.61. The van der Waals surface area contributed by atoms with Crippen LogP contribution in [0.2, 0.25) is 0 Å². The molecule has 0 atom stereocenters. The maximum atomic E-state index is 10.8. The van der Waals surface area contributed by atoms with Crippen LogP contribution in [0.4, 0.5) is 9.93 Å². The predicted octanol–water partition coefficient (Wildman–Crippen LogP) is 1.13. The van der Waals surface area contributed by atoms with E-state index in [4.69, 9.17) is 5.73 Å². The summed E-state index contributed by atoms with van der Waals surface area (Å²) in [5.41, 5.74) is 5.78. The number of thiazole rings is 1. The number of carbonyl (C=O) groups excluding carboxylic acids is 2. The molecule has 7 heteroatoms. The van der Waals surface area contributed by atoms with Crippen molar-refractivity contribution in [3.63, 3.8) is 0 Å². The molecule has 1 heterocycles. The van der Waals surface area contributed by atoms with Gasteiger partial charge in [0, 0.05) is 11.8 Å². The highest BCUT2D eigenvalue weighted by Gasteiger charge is 2.05. The molecular weight excluding hydrogens is 230 g/mol. The van der Waals surface area contributed by atoms with E-state index in [1.54, 1.807) is 0 Å². The Morgan fingerprint density at radius 1 is 1.62 bits per heavy atom. The van der Waals surface area contributed by atoms with Gasteiger partial charge in [-0.1, -0.05) is 0 Å². The van der Waals surface area contributed by atoms with E-state index in [2.05, 4.69) is 15.0 Å². The average Bonchev–Trinajstić information content (AvgIpc) is 2.64. The van der Waals surface area contributed by atoms with Gasteiger partial charge >= 0.3 is 12.0 Å². The zero-order valence-corrected chi connectivity index (χ0v) is 9.67. The van der Waals surface area contributed by atoms with Crippen molar-refractivity contribution < 1.29 is 14.3 Å². The molecular formula is C9H13N3O3S. The molecule has 0 spiro atoms. The Bertz CT molecular complexity index is 378. The summed E-state index contributed by atoms with van der Waals surface area (Å²) in [5, 5.41) is 4.68. The third-order valence-corrected chi connectivity index (χ3v) is 2.63. The lowest BCUT2D eigenvalue weighted by atomic mass is 10.2. The topological polar surface area (TPSA) is 94.3 Å². The van der Waals surface area contributed by atoms with Gasteiger partial charge in [0.25, 0.3) is 0 Å². The largest absolute Gasteiger partial charge is 0.469 e. The molecule has 88 valence electrons. The van der Waals surface area contributed by atoms with Crippen LogP contribution >= 0.6 is 11.3 Å². The predicted molar refractivity (Wildman–Crippen MR) is 60.3 cm³/mol. The van der Waals surface area contributed by atoms with Crippen molar-refractivity contribution in [2.75, 3.05) is 12.4 Å². The van der Waals surface area contributed by atoms with Gasteiger partial charge < -0.3 is 10.5 Å². The van der Waals surface area contributed by atoms with Crippen molar-refractivity contribution in [1.29, 1.82) is 0 Å². The zero-order chi connectivity index (χ0) is 12.0. The minimum Gasteiger partial charge on any atom is -0.469 e. The van der Waals surface area contributed by atoms with E-state index < -0.39 is 6.03 Å². The number of aromatic nitrogens is 1. The fraction of sp³-hybridized carbons (Fsp3) is 0.444. The lowest BCUT2D eigenvalue weighted by molar-refractivity contribution is -0.140. The molecule has 0 aromatic carbocycles. The molecule has 0 aliphatic heterocycles. The first-order valence-corrected chi connectivity index (χ1v) is 5.57. The van der Waals surface area contributed by atoms with Crippen molar-refractivity contribution in [2.45, 2.75) is 19.3 Å². The molecule has 1 aromatic heterocycles. The van der Waals surface area contributed by atoms with E-state index in [1.807, 2.05) is 5.38 Å². The minimum absolute atomic E-state index is 0.231. The van der Waals surface area contributed by atoms with Crippen LogP contribution in [0.25, 0.3) is 0 Å². The van der Waals surface area contributed by atoms with Gasteiger partial charge in [-0.3, -0.25) is 10.1 Å². The molecule has 6 nitrogen and oxygen atoms in total. The summed E-state index contributed by atoms with van der Waals surface area (Å²) in [6, 6.07) is -0.629. The lowest BCUT2D eigenvalue weighted by Gasteiger charge is -1.97. The van der Waals surface area contributed by atoms with E-state index >= 15 is 0 Å². The molecule has 0 bridgehead atoms. The molecule has 16 heavy (non-hydrogen) atoms. The van der Waals surface area contributed by atoms with Crippen molar-refractivity contribution >= 4 is 28.5 Å². The third kappa shape index (κ3) is 4.26. The van der Waals surface area contributed by atoms with E-state index in [1.165, 1.54) is 18.4 Å². The SMILES string of the molecule is COC(=O)CCCc1csc(NC(N)=O)n1. The Balaban J connectivity index is 2.34. The number of aryl methyl sites for hydroxylation is 1. The van der Waals surface area contributed by atoms with Crippen molar-refractivity contribution in [2.24, 2.45) is 5.73 Å². The molecule has 0 aliphatic rings. The fourth-order valence-electron chi connectivity index (χ4n) is 1.10. The van der Waals surface area contributed by atoms with Crippen LogP contribution in [-0.4, -0.2) is 24.1 Å². The highest BCUT2D eigenvalue weighted by Crippen LogP contribution is 2.16. The number of hydrogen-bond acceptors (Lipinski definition) is 5. The van der Waals surface area contributed by atoms with Crippen molar-refractivity contribution in [3.05, 3.63) is 11.1 Å². The molecule has 0 radical (unpaired) electrons. The average molecular weight is 243 g/mol. The summed E-state index contributed by atoms with van der Waals surface area (Å²) in [5.74, 6) is -0.231. The van der Waals surface area contributed by atoms with Gasteiger partial charge in [-0.25, -0.2) is 9.78 Å². The first kappa shape index (κ1) is 12.4. The quantitative estimate of drug-likeness (QED) is 0.758. The normalized spacial score (nSPS) is 9.81. The summed E-state index contributed by atoms with van der Waals surface area (Å²) < 4.78 is 4.52. The van der Waals surface area contributed by atoms with E-state index in [0.29, 0.717) is 24.4 Å². The number of nitrogens with zero attached hydrogens (tertiary/aromatic N) is 1. The monoisotopic (exact) mass is 243 g/mol. The zero-order valence-electron chi connectivity index (χ0n) is 8.86. The number of nitrogens with two attached hydrogens (primary N) is 1. The van der Waals surface area contributed by atoms with Gasteiger partial charge in [0.15, 0.2) is 5.13 Å². The summed E-state index contributed by atoms with van der Waals surface area (Å²) in [6.07, 6.45) is 1.71. The van der Waals surface area contributed by atoms with Crippen LogP contribution in [0.3, 0.4) is 0 Å². The first-order valence-electron chi connectivity index (χ1n) is 4.69. The number of urea groups is 1. The number of ether oxygens (including phenoxy) is 1. The number of methoxy groups -OCH3 is 1. The fourth-order valence-corrected chi connectivity index (χ4v) is 1.85. The summed E-state index contributed by atoms with van der Waals surface area (Å²) >= 11 is 1.30. The number of hydrogen-bond donors (Lipinski definition) is 2. The number of anilines is 1. The molecule has 0 saturated carbocycles. The molecule has 0 aliphatic carbocycles. The minimum atomic E-state index is -0.629. The van der Waals surface area contributed by atoms with Gasteiger partial charge in [-0.05, 0) is 12.8 Å². The smallest absolute Gasteiger partial charge is 0.318 e. The molecule has 2 amide bonds. The highest BCUT2D eigenvalue weighted by atomic mass is 32.1. The van der Waals surface area contributed by atoms with Crippen LogP contribution in [0, 0.1) is 0 Å². The number of carbonyl (C=O) groups is 2. The molecule has 0 unspecified atom stereocenters. The molecule has 1 rings (SSSR count). The second-order valence-corrected chi connectivity index (χ2v) is 3.92. The summed E-state index contributed by atoms with van der Waals surface area (Å²) in [4.78, 5) is 25.5. The Morgan fingerprint density at radius 3 is 3.00 bits per heavy atom. The van der Waals surface area contributed by atoms with Gasteiger partial charge in [0.2, 0.25) is 0 Å². The van der Waals surface area contributed by atoms with Crippen LogP contribution in [-0.2, 0) is 16.0 Å². The molecule has 0 saturated heterocycles. The number of primary amides is 1. The molecule has 1 aromatic rings. The van der Waals surface area contributed by atoms with E-state index in [-0.39, 0.29) is 5.97 Å². The van der Waals surface area contributed by atoms with Crippen LogP contribution in [0.15, 0.2) is 5.38 Å². The summed E-state index contributed by atoms with van der Waals surface area (Å²) in [7, 11) is 1.36. The number of amides is 2. The van der Waals surface area contributed by atoms with E-state index in [9.17, 15) is 9.59 Å². The van der Waals surface area contributed by atoms with Crippen LogP contribution in [0.5, 0.6) is 0 Å². The highest BCUT2D eigenvalue weighted by molar-refractivity contribution is 7.13. The Kier molecular flexibility index (Phi) is 4.71. The van der Waals surface area contributed by atoms with E-state index in [0.717, 1.165) is 5.69 Å². The summed E-state index contributed by atoms with van der Waals surface area (Å²) in [6.45, 7) is 0. The lowest BCUT2D eigenvalue weighted by Crippen LogP contribution is -2.19. The van der Waals surface area contributed by atoms with Crippen LogP contribution in [0.1, 0.15) is 18.5 Å².